The molecule has 0 bridgehead atoms. The zero-order chi connectivity index (χ0) is 14.0. The largest absolute Gasteiger partial charge is 0.388 e. The molecule has 1 aromatic carbocycles. The third-order valence-corrected chi connectivity index (χ3v) is 5.15. The van der Waals surface area contributed by atoms with Crippen LogP contribution in [0.1, 0.15) is 56.8 Å². The van der Waals surface area contributed by atoms with Crippen LogP contribution >= 0.6 is 11.6 Å². The minimum absolute atomic E-state index is 0.355. The fourth-order valence-corrected chi connectivity index (χ4v) is 3.38. The summed E-state index contributed by atoms with van der Waals surface area (Å²) in [6.45, 7) is 6.61. The second kappa shape index (κ2) is 6.28. The second-order valence-electron chi connectivity index (χ2n) is 6.37. The van der Waals surface area contributed by atoms with Crippen molar-refractivity contribution in [3.05, 3.63) is 34.3 Å². The normalized spacial score (nSPS) is 25.6. The van der Waals surface area contributed by atoms with Gasteiger partial charge in [0.05, 0.1) is 6.10 Å². The number of hydrogen-bond donors (Lipinski definition) is 1. The van der Waals surface area contributed by atoms with Crippen LogP contribution in [-0.2, 0) is 0 Å². The van der Waals surface area contributed by atoms with Gasteiger partial charge in [-0.15, -0.1) is 0 Å². The van der Waals surface area contributed by atoms with Crippen molar-refractivity contribution in [3.8, 4) is 0 Å². The molecule has 1 saturated carbocycles. The number of aliphatic hydroxyl groups excluding tert-OH is 1. The van der Waals surface area contributed by atoms with E-state index in [1.165, 1.54) is 12.8 Å². The van der Waals surface area contributed by atoms with Gasteiger partial charge in [0, 0.05) is 5.02 Å². The van der Waals surface area contributed by atoms with Gasteiger partial charge in [0.1, 0.15) is 0 Å². The maximum absolute atomic E-state index is 10.5. The molecule has 1 nitrogen and oxygen atoms in total. The first-order valence-electron chi connectivity index (χ1n) is 7.43. The molecule has 0 radical (unpaired) electrons. The molecule has 0 heterocycles. The minimum Gasteiger partial charge on any atom is -0.388 e. The molecule has 1 N–H and O–H groups in total. The lowest BCUT2D eigenvalue weighted by atomic mass is 9.74. The van der Waals surface area contributed by atoms with Gasteiger partial charge in [-0.3, -0.25) is 0 Å². The molecule has 0 amide bonds. The molecule has 1 aliphatic rings. The molecule has 1 aromatic rings. The standard InChI is InChI=1S/C17H25ClO/c1-11(2)13-6-8-14(9-7-13)17(19)15-5-4-12(3)16(18)10-15/h4-5,10-11,13-14,17,19H,6-9H2,1-3H3. The predicted octanol–water partition coefficient (Wildman–Crippen LogP) is 5.14. The molecule has 0 aliphatic heterocycles. The summed E-state index contributed by atoms with van der Waals surface area (Å²) in [5, 5.41) is 11.3. The van der Waals surface area contributed by atoms with Crippen molar-refractivity contribution in [2.45, 2.75) is 52.6 Å². The molecule has 1 aliphatic carbocycles. The molecule has 106 valence electrons. The second-order valence-corrected chi connectivity index (χ2v) is 6.78. The highest BCUT2D eigenvalue weighted by atomic mass is 35.5. The van der Waals surface area contributed by atoms with E-state index >= 15 is 0 Å². The van der Waals surface area contributed by atoms with Crippen LogP contribution in [0.25, 0.3) is 0 Å². The van der Waals surface area contributed by atoms with Gasteiger partial charge in [-0.05, 0) is 67.6 Å². The molecule has 0 aromatic heterocycles. The van der Waals surface area contributed by atoms with E-state index in [0.29, 0.717) is 5.92 Å². The number of rotatable bonds is 3. The molecule has 1 fully saturated rings. The summed E-state index contributed by atoms with van der Waals surface area (Å²) in [5.74, 6) is 2.01. The minimum atomic E-state index is -0.355. The monoisotopic (exact) mass is 280 g/mol. The summed E-state index contributed by atoms with van der Waals surface area (Å²) in [4.78, 5) is 0. The molecule has 0 spiro atoms. The van der Waals surface area contributed by atoms with E-state index in [9.17, 15) is 5.11 Å². The molecule has 19 heavy (non-hydrogen) atoms. The van der Waals surface area contributed by atoms with Crippen molar-refractivity contribution in [2.24, 2.45) is 17.8 Å². The summed E-state index contributed by atoms with van der Waals surface area (Å²) < 4.78 is 0. The summed E-state index contributed by atoms with van der Waals surface area (Å²) in [5.41, 5.74) is 2.05. The van der Waals surface area contributed by atoms with Crippen molar-refractivity contribution in [3.63, 3.8) is 0 Å². The quantitative estimate of drug-likeness (QED) is 0.812. The van der Waals surface area contributed by atoms with Crippen molar-refractivity contribution in [1.29, 1.82) is 0 Å². The Bertz CT molecular complexity index is 419. The Hall–Kier alpha value is -0.530. The van der Waals surface area contributed by atoms with Crippen LogP contribution in [0.15, 0.2) is 18.2 Å². The van der Waals surface area contributed by atoms with Crippen LogP contribution in [0.3, 0.4) is 0 Å². The Kier molecular flexibility index (Phi) is 4.92. The van der Waals surface area contributed by atoms with Crippen LogP contribution in [0, 0.1) is 24.7 Å². The van der Waals surface area contributed by atoms with Gasteiger partial charge < -0.3 is 5.11 Å². The van der Waals surface area contributed by atoms with E-state index in [2.05, 4.69) is 13.8 Å². The van der Waals surface area contributed by atoms with Crippen molar-refractivity contribution >= 4 is 11.6 Å². The van der Waals surface area contributed by atoms with Gasteiger partial charge in [-0.25, -0.2) is 0 Å². The van der Waals surface area contributed by atoms with Gasteiger partial charge in [0.15, 0.2) is 0 Å². The van der Waals surface area contributed by atoms with Gasteiger partial charge in [0.25, 0.3) is 0 Å². The summed E-state index contributed by atoms with van der Waals surface area (Å²) in [6, 6.07) is 5.94. The van der Waals surface area contributed by atoms with Crippen LogP contribution in [0.2, 0.25) is 5.02 Å². The summed E-state index contributed by atoms with van der Waals surface area (Å²) >= 11 is 6.15. The number of aliphatic hydroxyl groups is 1. The lowest BCUT2D eigenvalue weighted by Crippen LogP contribution is -2.23. The first-order valence-corrected chi connectivity index (χ1v) is 7.81. The van der Waals surface area contributed by atoms with Crippen LogP contribution in [0.5, 0.6) is 0 Å². The Balaban J connectivity index is 2.01. The molecule has 0 saturated heterocycles. The average molecular weight is 281 g/mol. The molecular weight excluding hydrogens is 256 g/mol. The summed E-state index contributed by atoms with van der Waals surface area (Å²) in [6.07, 6.45) is 4.41. The smallest absolute Gasteiger partial charge is 0.0818 e. The van der Waals surface area contributed by atoms with Gasteiger partial charge in [-0.1, -0.05) is 37.6 Å². The lowest BCUT2D eigenvalue weighted by molar-refractivity contribution is 0.0668. The number of hydrogen-bond acceptors (Lipinski definition) is 1. The van der Waals surface area contributed by atoms with E-state index in [-0.39, 0.29) is 6.10 Å². The maximum Gasteiger partial charge on any atom is 0.0818 e. The Morgan fingerprint density at radius 3 is 2.21 bits per heavy atom. The average Bonchev–Trinajstić information content (AvgIpc) is 2.41. The Labute approximate surface area is 122 Å². The Morgan fingerprint density at radius 2 is 1.68 bits per heavy atom. The van der Waals surface area contributed by atoms with Crippen LogP contribution in [0.4, 0.5) is 0 Å². The molecule has 1 atom stereocenters. The van der Waals surface area contributed by atoms with Crippen LogP contribution in [-0.4, -0.2) is 5.11 Å². The first-order chi connectivity index (χ1) is 8.99. The topological polar surface area (TPSA) is 20.2 Å². The molecule has 2 rings (SSSR count). The van der Waals surface area contributed by atoms with Crippen molar-refractivity contribution in [2.75, 3.05) is 0 Å². The predicted molar refractivity (Wildman–Crippen MR) is 81.4 cm³/mol. The van der Waals surface area contributed by atoms with E-state index in [1.54, 1.807) is 0 Å². The van der Waals surface area contributed by atoms with Gasteiger partial charge in [0.2, 0.25) is 0 Å². The highest BCUT2D eigenvalue weighted by Crippen LogP contribution is 2.39. The molecule has 1 unspecified atom stereocenters. The van der Waals surface area contributed by atoms with Crippen molar-refractivity contribution < 1.29 is 5.11 Å². The highest BCUT2D eigenvalue weighted by molar-refractivity contribution is 6.31. The van der Waals surface area contributed by atoms with Gasteiger partial charge >= 0.3 is 0 Å². The maximum atomic E-state index is 10.5. The zero-order valence-corrected chi connectivity index (χ0v) is 13.0. The van der Waals surface area contributed by atoms with E-state index in [4.69, 9.17) is 11.6 Å². The number of halogens is 1. The van der Waals surface area contributed by atoms with Crippen LogP contribution < -0.4 is 0 Å². The van der Waals surface area contributed by atoms with Crippen molar-refractivity contribution in [1.82, 2.24) is 0 Å². The first kappa shape index (κ1) is 14.9. The lowest BCUT2D eigenvalue weighted by Gasteiger charge is -2.33. The SMILES string of the molecule is Cc1ccc(C(O)C2CCC(C(C)C)CC2)cc1Cl. The molecule has 2 heteroatoms. The fraction of sp³-hybridized carbons (Fsp3) is 0.647. The highest BCUT2D eigenvalue weighted by Gasteiger charge is 2.28. The van der Waals surface area contributed by atoms with Gasteiger partial charge in [-0.2, -0.15) is 0 Å². The number of aryl methyl sites for hydroxylation is 1. The molecular formula is C17H25ClO. The zero-order valence-electron chi connectivity index (χ0n) is 12.2. The summed E-state index contributed by atoms with van der Waals surface area (Å²) in [7, 11) is 0. The Morgan fingerprint density at radius 1 is 1.11 bits per heavy atom. The van der Waals surface area contributed by atoms with E-state index in [0.717, 1.165) is 40.8 Å². The third-order valence-electron chi connectivity index (χ3n) is 4.74. The van der Waals surface area contributed by atoms with E-state index in [1.807, 2.05) is 25.1 Å². The number of benzene rings is 1. The fourth-order valence-electron chi connectivity index (χ4n) is 3.19. The third kappa shape index (κ3) is 3.52. The van der Waals surface area contributed by atoms with E-state index < -0.39 is 0 Å².